The van der Waals surface area contributed by atoms with Crippen LogP contribution >= 0.6 is 0 Å². The van der Waals surface area contributed by atoms with Crippen molar-refractivity contribution in [1.29, 1.82) is 0 Å². The Bertz CT molecular complexity index is 251. The Kier molecular flexibility index (Phi) is 2.84. The molecule has 0 N–H and O–H groups in total. The van der Waals surface area contributed by atoms with Gasteiger partial charge < -0.3 is 0 Å². The van der Waals surface area contributed by atoms with Crippen molar-refractivity contribution < 1.29 is 4.39 Å². The van der Waals surface area contributed by atoms with Gasteiger partial charge in [-0.25, -0.2) is 4.39 Å². The second-order valence-corrected chi connectivity index (χ2v) is 2.25. The molecule has 0 bridgehead atoms. The molecule has 0 amide bonds. The highest BCUT2D eigenvalue weighted by Gasteiger charge is 1.88. The summed E-state index contributed by atoms with van der Waals surface area (Å²) in [5, 5.41) is 0. The summed E-state index contributed by atoms with van der Waals surface area (Å²) in [5.41, 5.74) is 0.883. The smallest absolute Gasteiger partial charge is 0.123 e. The van der Waals surface area contributed by atoms with Gasteiger partial charge >= 0.3 is 0 Å². The summed E-state index contributed by atoms with van der Waals surface area (Å²) >= 11 is 0. The zero-order chi connectivity index (χ0) is 8.10. The Balaban J connectivity index is 2.79. The predicted octanol–water partition coefficient (Wildman–Crippen LogP) is 3.06. The molecule has 1 aromatic carbocycles. The van der Waals surface area contributed by atoms with Gasteiger partial charge in [0.15, 0.2) is 0 Å². The normalized spacial score (nSPS) is 10.7. The molecule has 0 aliphatic rings. The average Bonchev–Trinajstić information content (AvgIpc) is 2.01. The minimum atomic E-state index is -0.198. The molecule has 0 unspecified atom stereocenters. The Morgan fingerprint density at radius 2 is 2.27 bits per heavy atom. The topological polar surface area (TPSA) is 0 Å². The Morgan fingerprint density at radius 3 is 2.91 bits per heavy atom. The lowest BCUT2D eigenvalue weighted by molar-refractivity contribution is 0.627. The number of benzene rings is 1. The van der Waals surface area contributed by atoms with Gasteiger partial charge in [0, 0.05) is 0 Å². The fraction of sp³-hybridized carbons (Fsp3) is 0.100. The molecule has 1 heteroatoms. The van der Waals surface area contributed by atoms with Crippen molar-refractivity contribution in [2.24, 2.45) is 0 Å². The van der Waals surface area contributed by atoms with Gasteiger partial charge in [0.05, 0.1) is 0 Å². The molecule has 1 rings (SSSR count). The van der Waals surface area contributed by atoms with Crippen LogP contribution in [0.1, 0.15) is 12.0 Å². The van der Waals surface area contributed by atoms with Gasteiger partial charge in [-0.1, -0.05) is 24.3 Å². The highest BCUT2D eigenvalue weighted by molar-refractivity contribution is 5.48. The molecule has 57 valence electrons. The van der Waals surface area contributed by atoms with Gasteiger partial charge in [-0.3, -0.25) is 0 Å². The van der Waals surface area contributed by atoms with Crippen LogP contribution in [0.5, 0.6) is 0 Å². The van der Waals surface area contributed by atoms with Gasteiger partial charge in [-0.2, -0.15) is 0 Å². The average molecular weight is 149 g/mol. The third-order valence-corrected chi connectivity index (χ3v) is 1.33. The van der Waals surface area contributed by atoms with Crippen molar-refractivity contribution in [3.63, 3.8) is 0 Å². The van der Waals surface area contributed by atoms with Gasteiger partial charge in [0.1, 0.15) is 5.82 Å². The van der Waals surface area contributed by atoms with E-state index in [9.17, 15) is 4.39 Å². The Morgan fingerprint density at radius 1 is 1.45 bits per heavy atom. The molecule has 0 saturated heterocycles. The second-order valence-electron chi connectivity index (χ2n) is 2.25. The van der Waals surface area contributed by atoms with E-state index in [2.05, 4.69) is 6.92 Å². The van der Waals surface area contributed by atoms with Crippen molar-refractivity contribution in [2.45, 2.75) is 6.42 Å². The molecule has 0 nitrogen and oxygen atoms in total. The summed E-state index contributed by atoms with van der Waals surface area (Å²) in [6.07, 6.45) is 4.49. The SMILES string of the molecule is [CH2]C/C=C/c1cccc(F)c1. The molecular weight excluding hydrogens is 139 g/mol. The van der Waals surface area contributed by atoms with Crippen LogP contribution in [0.2, 0.25) is 0 Å². The molecule has 1 aromatic rings. The summed E-state index contributed by atoms with van der Waals surface area (Å²) in [4.78, 5) is 0. The van der Waals surface area contributed by atoms with Crippen LogP contribution in [0.4, 0.5) is 4.39 Å². The number of hydrogen-bond acceptors (Lipinski definition) is 0. The van der Waals surface area contributed by atoms with Crippen molar-refractivity contribution in [2.75, 3.05) is 0 Å². The lowest BCUT2D eigenvalue weighted by Gasteiger charge is -1.91. The van der Waals surface area contributed by atoms with Crippen LogP contribution in [-0.4, -0.2) is 0 Å². The van der Waals surface area contributed by atoms with E-state index in [1.165, 1.54) is 12.1 Å². The molecule has 0 saturated carbocycles. The van der Waals surface area contributed by atoms with E-state index in [1.807, 2.05) is 18.2 Å². The molecule has 0 fully saturated rings. The molecule has 0 aliphatic heterocycles. The predicted molar refractivity (Wildman–Crippen MR) is 45.4 cm³/mol. The van der Waals surface area contributed by atoms with Crippen LogP contribution in [0, 0.1) is 12.7 Å². The zero-order valence-corrected chi connectivity index (χ0v) is 6.26. The highest BCUT2D eigenvalue weighted by Crippen LogP contribution is 2.05. The summed E-state index contributed by atoms with van der Waals surface area (Å²) in [6.45, 7) is 3.64. The Labute approximate surface area is 66.4 Å². The lowest BCUT2D eigenvalue weighted by atomic mass is 10.2. The van der Waals surface area contributed by atoms with Gasteiger partial charge in [-0.05, 0) is 31.0 Å². The molecular formula is C10H10F. The van der Waals surface area contributed by atoms with Crippen LogP contribution in [-0.2, 0) is 0 Å². The van der Waals surface area contributed by atoms with Crippen molar-refractivity contribution in [1.82, 2.24) is 0 Å². The van der Waals surface area contributed by atoms with E-state index < -0.39 is 0 Å². The maximum Gasteiger partial charge on any atom is 0.123 e. The van der Waals surface area contributed by atoms with E-state index in [0.717, 1.165) is 12.0 Å². The summed E-state index contributed by atoms with van der Waals surface area (Å²) < 4.78 is 12.5. The fourth-order valence-corrected chi connectivity index (χ4v) is 0.830. The standard InChI is InChI=1S/C10H10F/c1-2-3-5-9-6-4-7-10(11)8-9/h3-8H,1-2H2/b5-3+. The van der Waals surface area contributed by atoms with Crippen LogP contribution < -0.4 is 0 Å². The molecule has 11 heavy (non-hydrogen) atoms. The van der Waals surface area contributed by atoms with E-state index in [-0.39, 0.29) is 5.82 Å². The first-order valence-electron chi connectivity index (χ1n) is 3.54. The van der Waals surface area contributed by atoms with Crippen molar-refractivity contribution >= 4 is 6.08 Å². The third kappa shape index (κ3) is 2.54. The number of allylic oxidation sites excluding steroid dienone is 1. The van der Waals surface area contributed by atoms with Crippen molar-refractivity contribution in [3.8, 4) is 0 Å². The first kappa shape index (κ1) is 7.99. The van der Waals surface area contributed by atoms with E-state index in [1.54, 1.807) is 6.07 Å². The fourth-order valence-electron chi connectivity index (χ4n) is 0.830. The monoisotopic (exact) mass is 149 g/mol. The van der Waals surface area contributed by atoms with E-state index >= 15 is 0 Å². The summed E-state index contributed by atoms with van der Waals surface area (Å²) in [6, 6.07) is 6.47. The quantitative estimate of drug-likeness (QED) is 0.606. The van der Waals surface area contributed by atoms with Gasteiger partial charge in [-0.15, -0.1) is 0 Å². The third-order valence-electron chi connectivity index (χ3n) is 1.33. The first-order chi connectivity index (χ1) is 5.33. The van der Waals surface area contributed by atoms with Crippen LogP contribution in [0.15, 0.2) is 30.3 Å². The van der Waals surface area contributed by atoms with Crippen molar-refractivity contribution in [3.05, 3.63) is 48.6 Å². The maximum atomic E-state index is 12.5. The molecule has 0 aliphatic carbocycles. The summed E-state index contributed by atoms with van der Waals surface area (Å²) in [5.74, 6) is -0.198. The second kappa shape index (κ2) is 3.91. The van der Waals surface area contributed by atoms with E-state index in [4.69, 9.17) is 0 Å². The molecule has 0 heterocycles. The minimum absolute atomic E-state index is 0.198. The molecule has 0 atom stereocenters. The number of hydrogen-bond donors (Lipinski definition) is 0. The van der Waals surface area contributed by atoms with Gasteiger partial charge in [0.25, 0.3) is 0 Å². The van der Waals surface area contributed by atoms with E-state index in [0.29, 0.717) is 0 Å². The summed E-state index contributed by atoms with van der Waals surface area (Å²) in [7, 11) is 0. The van der Waals surface area contributed by atoms with Crippen LogP contribution in [0.25, 0.3) is 6.08 Å². The number of rotatable bonds is 2. The minimum Gasteiger partial charge on any atom is -0.207 e. The van der Waals surface area contributed by atoms with Gasteiger partial charge in [0.2, 0.25) is 0 Å². The molecule has 0 spiro atoms. The van der Waals surface area contributed by atoms with Crippen LogP contribution in [0.3, 0.4) is 0 Å². The Hall–Kier alpha value is -1.11. The maximum absolute atomic E-state index is 12.5. The first-order valence-corrected chi connectivity index (χ1v) is 3.54. The number of halogens is 1. The zero-order valence-electron chi connectivity index (χ0n) is 6.26. The molecule has 0 aromatic heterocycles. The lowest BCUT2D eigenvalue weighted by Crippen LogP contribution is -1.74. The molecule has 1 radical (unpaired) electrons. The largest absolute Gasteiger partial charge is 0.207 e. The highest BCUT2D eigenvalue weighted by atomic mass is 19.1.